The first-order valence-corrected chi connectivity index (χ1v) is 10.3. The summed E-state index contributed by atoms with van der Waals surface area (Å²) in [5.41, 5.74) is 3.11. The van der Waals surface area contributed by atoms with Crippen molar-refractivity contribution in [3.8, 4) is 0 Å². The molecule has 6 bridgehead atoms. The summed E-state index contributed by atoms with van der Waals surface area (Å²) in [6, 6.07) is 21.2. The predicted octanol–water partition coefficient (Wildman–Crippen LogP) is 4.66. The molecule has 0 saturated carbocycles. The lowest BCUT2D eigenvalue weighted by atomic mass is 9.93. The minimum Gasteiger partial charge on any atom is -0.207 e. The van der Waals surface area contributed by atoms with Gasteiger partial charge in [0.25, 0.3) is 0 Å². The second-order valence-electron chi connectivity index (χ2n) is 6.13. The van der Waals surface area contributed by atoms with Gasteiger partial charge in [-0.3, -0.25) is 0 Å². The Hall–Kier alpha value is -1.51. The summed E-state index contributed by atoms with van der Waals surface area (Å²) < 4.78 is 15.8. The molecule has 0 aromatic heterocycles. The van der Waals surface area contributed by atoms with Gasteiger partial charge in [-0.2, -0.15) is 0 Å². The van der Waals surface area contributed by atoms with Crippen LogP contribution >= 0.6 is 30.5 Å². The van der Waals surface area contributed by atoms with Crippen LogP contribution in [0.5, 0.6) is 0 Å². The van der Waals surface area contributed by atoms with E-state index in [9.17, 15) is 4.39 Å². The molecule has 24 heavy (non-hydrogen) atoms. The first-order chi connectivity index (χ1) is 11.7. The van der Waals surface area contributed by atoms with Gasteiger partial charge >= 0.3 is 0 Å². The third-order valence-electron chi connectivity index (χ3n) is 4.81. The highest BCUT2D eigenvalue weighted by Gasteiger charge is 2.30. The van der Waals surface area contributed by atoms with Crippen molar-refractivity contribution in [3.63, 3.8) is 0 Å². The van der Waals surface area contributed by atoms with Crippen molar-refractivity contribution < 1.29 is 4.39 Å². The van der Waals surface area contributed by atoms with Crippen molar-refractivity contribution in [1.82, 2.24) is 0 Å². The van der Waals surface area contributed by atoms with E-state index in [2.05, 4.69) is 83.3 Å². The van der Waals surface area contributed by atoms with Gasteiger partial charge in [-0.25, -0.2) is 4.39 Å². The molecule has 0 nitrogen and oxygen atoms in total. The van der Waals surface area contributed by atoms with Crippen LogP contribution in [0.25, 0.3) is 6.08 Å². The van der Waals surface area contributed by atoms with Crippen LogP contribution in [0.15, 0.2) is 66.7 Å². The topological polar surface area (TPSA) is 0 Å². The number of rotatable bonds is 1. The molecule has 2 unspecified atom stereocenters. The van der Waals surface area contributed by atoms with E-state index in [1.165, 1.54) is 25.0 Å². The number of allylic oxidation sites excluding steroid dienone is 1. The number of hydrogen-bond donors (Lipinski definition) is 0. The van der Waals surface area contributed by atoms with Gasteiger partial charge in [0.1, 0.15) is 5.82 Å². The van der Waals surface area contributed by atoms with Gasteiger partial charge in [0.15, 0.2) is 0 Å². The Balaban J connectivity index is 1.85. The Morgan fingerprint density at radius 1 is 0.833 bits per heavy atom. The average Bonchev–Trinajstić information content (AvgIpc) is 3.07. The molecule has 0 fully saturated rings. The molecule has 6 rings (SSSR count). The molecule has 0 N–H and O–H groups in total. The lowest BCUT2D eigenvalue weighted by Gasteiger charge is -2.21. The van der Waals surface area contributed by atoms with Gasteiger partial charge in [0.05, 0.1) is 0 Å². The van der Waals surface area contributed by atoms with E-state index >= 15 is 0 Å². The van der Waals surface area contributed by atoms with Gasteiger partial charge < -0.3 is 0 Å². The maximum atomic E-state index is 14.6. The van der Waals surface area contributed by atoms with Crippen molar-refractivity contribution >= 4 is 52.5 Å². The number of halogens is 2. The molecule has 0 amide bonds. The molecule has 3 aromatic carbocycles. The molecule has 3 heteroatoms. The fourth-order valence-corrected chi connectivity index (χ4v) is 6.47. The highest BCUT2D eigenvalue weighted by molar-refractivity contribution is 14.1. The van der Waals surface area contributed by atoms with Crippen molar-refractivity contribution in [3.05, 3.63) is 92.8 Å². The summed E-state index contributed by atoms with van der Waals surface area (Å²) in [6.07, 6.45) is 4.26. The van der Waals surface area contributed by atoms with Crippen molar-refractivity contribution in [2.24, 2.45) is 0 Å². The molecule has 0 spiro atoms. The number of hydrogen-bond acceptors (Lipinski definition) is 0. The second-order valence-corrected chi connectivity index (χ2v) is 9.57. The maximum absolute atomic E-state index is 14.6. The van der Waals surface area contributed by atoms with Crippen molar-refractivity contribution in [2.45, 2.75) is 5.92 Å². The van der Waals surface area contributed by atoms with Gasteiger partial charge in [0, 0.05) is 15.1 Å². The Labute approximate surface area is 155 Å². The highest BCUT2D eigenvalue weighted by atomic mass is 127. The summed E-state index contributed by atoms with van der Waals surface area (Å²) in [7, 11) is -0.675. The summed E-state index contributed by atoms with van der Waals surface area (Å²) in [5, 5.41) is 3.89. The number of benzene rings is 3. The van der Waals surface area contributed by atoms with Crippen LogP contribution in [0, 0.1) is 9.39 Å². The van der Waals surface area contributed by atoms with E-state index in [1.54, 1.807) is 6.07 Å². The maximum Gasteiger partial charge on any atom is 0.127 e. The fraction of sp³-hybridized carbons (Fsp3) is 0.0476. The molecular weight excluding hydrogens is 429 g/mol. The minimum atomic E-state index is -0.675. The third-order valence-corrected chi connectivity index (χ3v) is 8.03. The molecule has 1 aliphatic carbocycles. The van der Waals surface area contributed by atoms with Crippen LogP contribution in [0.3, 0.4) is 0 Å². The standard InChI is InChI=1S/C21H13FIP/c22-19-11-12-20-18-10-9-17(21(18)19)13-1-5-15(6-2-13)24(20)16-7-3-14(23)4-8-16/h1-12,17H. The lowest BCUT2D eigenvalue weighted by Crippen LogP contribution is -2.22. The fourth-order valence-electron chi connectivity index (χ4n) is 3.70. The SMILES string of the molecule is Fc1ccc2c3c1C(C=C3)c1ccc(cc1)P2c1ccc(I)cc1. The quantitative estimate of drug-likeness (QED) is 0.380. The van der Waals surface area contributed by atoms with Gasteiger partial charge in [-0.05, 0) is 75.8 Å². The van der Waals surface area contributed by atoms with E-state index in [0.29, 0.717) is 0 Å². The third kappa shape index (κ3) is 2.13. The summed E-state index contributed by atoms with van der Waals surface area (Å²) in [6.45, 7) is 0. The minimum absolute atomic E-state index is 0.0423. The van der Waals surface area contributed by atoms with Gasteiger partial charge in [-0.15, -0.1) is 0 Å². The first-order valence-electron chi connectivity index (χ1n) is 7.88. The molecule has 0 radical (unpaired) electrons. The second kappa shape index (κ2) is 5.50. The van der Waals surface area contributed by atoms with Gasteiger partial charge in [-0.1, -0.05) is 54.6 Å². The normalized spacial score (nSPS) is 19.9. The van der Waals surface area contributed by atoms with E-state index < -0.39 is 7.92 Å². The van der Waals surface area contributed by atoms with Crippen LogP contribution in [0.4, 0.5) is 4.39 Å². The molecule has 3 aromatic rings. The van der Waals surface area contributed by atoms with Crippen LogP contribution in [-0.2, 0) is 0 Å². The lowest BCUT2D eigenvalue weighted by molar-refractivity contribution is 0.610. The first kappa shape index (κ1) is 14.8. The van der Waals surface area contributed by atoms with E-state index in [0.717, 1.165) is 11.1 Å². The molecule has 2 atom stereocenters. The molecule has 2 heterocycles. The zero-order chi connectivity index (χ0) is 16.3. The molecular formula is C21H13FIP. The smallest absolute Gasteiger partial charge is 0.127 e. The van der Waals surface area contributed by atoms with E-state index in [1.807, 2.05) is 6.07 Å². The Morgan fingerprint density at radius 3 is 2.21 bits per heavy atom. The Bertz CT molecular complexity index is 974. The highest BCUT2D eigenvalue weighted by Crippen LogP contribution is 2.44. The predicted molar refractivity (Wildman–Crippen MR) is 109 cm³/mol. The van der Waals surface area contributed by atoms with E-state index in [-0.39, 0.29) is 11.7 Å². The molecule has 3 aliphatic rings. The molecule has 116 valence electrons. The largest absolute Gasteiger partial charge is 0.207 e. The Morgan fingerprint density at radius 2 is 1.50 bits per heavy atom. The average molecular weight is 442 g/mol. The molecule has 2 aliphatic heterocycles. The number of fused-ring (bicyclic) bond motifs is 2. The summed E-state index contributed by atoms with van der Waals surface area (Å²) in [4.78, 5) is 0. The Kier molecular flexibility index (Phi) is 3.39. The van der Waals surface area contributed by atoms with Gasteiger partial charge in [0.2, 0.25) is 0 Å². The monoisotopic (exact) mass is 442 g/mol. The summed E-state index contributed by atoms with van der Waals surface area (Å²) >= 11 is 2.33. The molecule has 0 saturated heterocycles. The zero-order valence-electron chi connectivity index (χ0n) is 12.7. The van der Waals surface area contributed by atoms with Crippen molar-refractivity contribution in [1.29, 1.82) is 0 Å². The van der Waals surface area contributed by atoms with Crippen molar-refractivity contribution in [2.75, 3.05) is 0 Å². The zero-order valence-corrected chi connectivity index (χ0v) is 15.8. The van der Waals surface area contributed by atoms with Crippen LogP contribution in [0.1, 0.15) is 22.6 Å². The van der Waals surface area contributed by atoms with E-state index in [4.69, 9.17) is 0 Å². The van der Waals surface area contributed by atoms with Crippen LogP contribution in [-0.4, -0.2) is 0 Å². The summed E-state index contributed by atoms with van der Waals surface area (Å²) in [5.74, 6) is -0.0494. The van der Waals surface area contributed by atoms with Crippen LogP contribution in [0.2, 0.25) is 0 Å². The van der Waals surface area contributed by atoms with Crippen LogP contribution < -0.4 is 15.9 Å².